The molecular formula is C21H25NO5. The van der Waals surface area contributed by atoms with E-state index in [1.165, 1.54) is 6.08 Å². The number of hydrogen-bond donors (Lipinski definition) is 0. The molecule has 0 unspecified atom stereocenters. The van der Waals surface area contributed by atoms with Crippen LogP contribution in [0.2, 0.25) is 0 Å². The second-order valence-electron chi connectivity index (χ2n) is 6.00. The van der Waals surface area contributed by atoms with Gasteiger partial charge in [-0.2, -0.15) is 0 Å². The lowest BCUT2D eigenvalue weighted by Crippen LogP contribution is -2.13. The van der Waals surface area contributed by atoms with Gasteiger partial charge in [0.25, 0.3) is 0 Å². The monoisotopic (exact) mass is 371 g/mol. The van der Waals surface area contributed by atoms with E-state index in [1.807, 2.05) is 31.4 Å². The van der Waals surface area contributed by atoms with Gasteiger partial charge in [-0.05, 0) is 51.1 Å². The van der Waals surface area contributed by atoms with Crippen molar-refractivity contribution < 1.29 is 23.8 Å². The van der Waals surface area contributed by atoms with Crippen molar-refractivity contribution in [1.82, 2.24) is 4.57 Å². The van der Waals surface area contributed by atoms with E-state index in [4.69, 9.17) is 14.2 Å². The highest BCUT2D eigenvalue weighted by atomic mass is 16.5. The molecule has 0 aliphatic rings. The number of aryl methyl sites for hydroxylation is 1. The van der Waals surface area contributed by atoms with Gasteiger partial charge in [0.15, 0.2) is 6.61 Å². The molecule has 27 heavy (non-hydrogen) atoms. The second kappa shape index (κ2) is 9.07. The van der Waals surface area contributed by atoms with Gasteiger partial charge in [-0.15, -0.1) is 0 Å². The SMILES string of the molecule is CCn1c(C)cc(C(=O)COC(=O)/C=C/c2cc(OC)ccc2OC)c1C. The lowest BCUT2D eigenvalue weighted by atomic mass is 10.1. The van der Waals surface area contributed by atoms with Gasteiger partial charge in [0.05, 0.1) is 14.2 Å². The molecule has 0 amide bonds. The summed E-state index contributed by atoms with van der Waals surface area (Å²) >= 11 is 0. The molecule has 0 radical (unpaired) electrons. The van der Waals surface area contributed by atoms with Crippen molar-refractivity contribution in [3.63, 3.8) is 0 Å². The summed E-state index contributed by atoms with van der Waals surface area (Å²) in [5.41, 5.74) is 3.15. The van der Waals surface area contributed by atoms with Gasteiger partial charge < -0.3 is 18.8 Å². The molecule has 2 aromatic rings. The maximum atomic E-state index is 12.4. The molecule has 1 aromatic carbocycles. The number of carbonyl (C=O) groups excluding carboxylic acids is 2. The molecule has 1 heterocycles. The number of Topliss-reactive ketones (excluding diaryl/α,β-unsaturated/α-hetero) is 1. The van der Waals surface area contributed by atoms with Crippen LogP contribution >= 0.6 is 0 Å². The molecule has 1 aromatic heterocycles. The number of carbonyl (C=O) groups is 2. The third-order valence-electron chi connectivity index (χ3n) is 4.37. The standard InChI is InChI=1S/C21H25NO5/c1-6-22-14(2)11-18(15(22)3)19(23)13-27-21(24)10-7-16-12-17(25-4)8-9-20(16)26-5/h7-12H,6,13H2,1-5H3/b10-7+. The van der Waals surface area contributed by atoms with E-state index in [2.05, 4.69) is 0 Å². The number of rotatable bonds is 8. The van der Waals surface area contributed by atoms with Gasteiger partial charge in [0, 0.05) is 35.1 Å². The zero-order chi connectivity index (χ0) is 20.0. The predicted octanol–water partition coefficient (Wildman–Crippen LogP) is 3.58. The lowest BCUT2D eigenvalue weighted by molar-refractivity contribution is -0.136. The Morgan fingerprint density at radius 1 is 1.11 bits per heavy atom. The molecule has 6 nitrogen and oxygen atoms in total. The summed E-state index contributed by atoms with van der Waals surface area (Å²) in [6.07, 6.45) is 2.83. The first-order valence-electron chi connectivity index (χ1n) is 8.68. The number of ketones is 1. The number of esters is 1. The van der Waals surface area contributed by atoms with Crippen LogP contribution in [0.15, 0.2) is 30.3 Å². The Bertz CT molecular complexity index is 864. The van der Waals surface area contributed by atoms with Crippen LogP contribution in [0, 0.1) is 13.8 Å². The molecule has 0 saturated heterocycles. The van der Waals surface area contributed by atoms with E-state index >= 15 is 0 Å². The van der Waals surface area contributed by atoms with Crippen molar-refractivity contribution in [2.24, 2.45) is 0 Å². The minimum atomic E-state index is -0.600. The van der Waals surface area contributed by atoms with Crippen molar-refractivity contribution >= 4 is 17.8 Å². The largest absolute Gasteiger partial charge is 0.497 e. The normalized spacial score (nSPS) is 10.9. The molecule has 2 rings (SSSR count). The molecule has 0 aliphatic heterocycles. The zero-order valence-corrected chi connectivity index (χ0v) is 16.4. The molecule has 0 bridgehead atoms. The van der Waals surface area contributed by atoms with Crippen LogP contribution in [0.4, 0.5) is 0 Å². The first-order chi connectivity index (χ1) is 12.9. The van der Waals surface area contributed by atoms with Crippen molar-refractivity contribution in [2.75, 3.05) is 20.8 Å². The Labute approximate surface area is 159 Å². The Hall–Kier alpha value is -3.02. The second-order valence-corrected chi connectivity index (χ2v) is 6.00. The van der Waals surface area contributed by atoms with Crippen molar-refractivity contribution in [3.8, 4) is 11.5 Å². The van der Waals surface area contributed by atoms with Crippen molar-refractivity contribution in [2.45, 2.75) is 27.3 Å². The molecule has 0 spiro atoms. The molecule has 0 atom stereocenters. The number of nitrogens with zero attached hydrogens (tertiary/aromatic N) is 1. The smallest absolute Gasteiger partial charge is 0.331 e. The topological polar surface area (TPSA) is 66.8 Å². The maximum absolute atomic E-state index is 12.4. The van der Waals surface area contributed by atoms with E-state index in [-0.39, 0.29) is 12.4 Å². The quantitative estimate of drug-likeness (QED) is 0.403. The summed E-state index contributed by atoms with van der Waals surface area (Å²) in [4.78, 5) is 24.3. The highest BCUT2D eigenvalue weighted by molar-refractivity contribution is 6.00. The number of aromatic nitrogens is 1. The number of ether oxygens (including phenoxy) is 3. The molecule has 6 heteroatoms. The van der Waals surface area contributed by atoms with Crippen molar-refractivity contribution in [1.29, 1.82) is 0 Å². The molecule has 0 fully saturated rings. The molecular weight excluding hydrogens is 346 g/mol. The third kappa shape index (κ3) is 4.78. The summed E-state index contributed by atoms with van der Waals surface area (Å²) in [6.45, 7) is 6.35. The average Bonchev–Trinajstić information content (AvgIpc) is 2.97. The van der Waals surface area contributed by atoms with Crippen LogP contribution in [0.5, 0.6) is 11.5 Å². The summed E-state index contributed by atoms with van der Waals surface area (Å²) in [7, 11) is 3.10. The van der Waals surface area contributed by atoms with Crippen LogP contribution in [-0.2, 0) is 16.1 Å². The van der Waals surface area contributed by atoms with Gasteiger partial charge in [-0.25, -0.2) is 4.79 Å². The van der Waals surface area contributed by atoms with Crippen LogP contribution in [-0.4, -0.2) is 37.1 Å². The Kier molecular flexibility index (Phi) is 6.82. The third-order valence-corrected chi connectivity index (χ3v) is 4.37. The molecule has 0 saturated carbocycles. The van der Waals surface area contributed by atoms with Gasteiger partial charge in [-0.3, -0.25) is 4.79 Å². The first-order valence-corrected chi connectivity index (χ1v) is 8.68. The Balaban J connectivity index is 2.02. The molecule has 0 N–H and O–H groups in total. The average molecular weight is 371 g/mol. The minimum Gasteiger partial charge on any atom is -0.497 e. The fourth-order valence-electron chi connectivity index (χ4n) is 2.96. The van der Waals surface area contributed by atoms with E-state index in [0.717, 1.165) is 17.9 Å². The van der Waals surface area contributed by atoms with E-state index in [9.17, 15) is 9.59 Å². The van der Waals surface area contributed by atoms with E-state index < -0.39 is 5.97 Å². The van der Waals surface area contributed by atoms with Crippen molar-refractivity contribution in [3.05, 3.63) is 52.9 Å². The van der Waals surface area contributed by atoms with Gasteiger partial charge in [-0.1, -0.05) is 0 Å². The molecule has 144 valence electrons. The van der Waals surface area contributed by atoms with Crippen LogP contribution < -0.4 is 9.47 Å². The fourth-order valence-corrected chi connectivity index (χ4v) is 2.96. The Morgan fingerprint density at radius 2 is 1.85 bits per heavy atom. The summed E-state index contributed by atoms with van der Waals surface area (Å²) < 4.78 is 17.6. The van der Waals surface area contributed by atoms with Gasteiger partial charge in [0.2, 0.25) is 5.78 Å². The van der Waals surface area contributed by atoms with Crippen LogP contribution in [0.1, 0.15) is 34.2 Å². The lowest BCUT2D eigenvalue weighted by Gasteiger charge is -2.07. The number of hydrogen-bond acceptors (Lipinski definition) is 5. The maximum Gasteiger partial charge on any atom is 0.331 e. The first kappa shape index (κ1) is 20.3. The summed E-state index contributed by atoms with van der Waals surface area (Å²) in [5.74, 6) is 0.425. The van der Waals surface area contributed by atoms with E-state index in [1.54, 1.807) is 38.5 Å². The highest BCUT2D eigenvalue weighted by Gasteiger charge is 2.16. The van der Waals surface area contributed by atoms with Crippen LogP contribution in [0.3, 0.4) is 0 Å². The van der Waals surface area contributed by atoms with Crippen LogP contribution in [0.25, 0.3) is 6.08 Å². The van der Waals surface area contributed by atoms with Gasteiger partial charge >= 0.3 is 5.97 Å². The summed E-state index contributed by atoms with van der Waals surface area (Å²) in [6, 6.07) is 7.08. The van der Waals surface area contributed by atoms with E-state index in [0.29, 0.717) is 22.6 Å². The fraction of sp³-hybridized carbons (Fsp3) is 0.333. The zero-order valence-electron chi connectivity index (χ0n) is 16.4. The number of benzene rings is 1. The predicted molar refractivity (Wildman–Crippen MR) is 103 cm³/mol. The number of methoxy groups -OCH3 is 2. The van der Waals surface area contributed by atoms with Gasteiger partial charge in [0.1, 0.15) is 11.5 Å². The summed E-state index contributed by atoms with van der Waals surface area (Å²) in [5, 5.41) is 0. The highest BCUT2D eigenvalue weighted by Crippen LogP contribution is 2.25. The molecule has 0 aliphatic carbocycles. The minimum absolute atomic E-state index is 0.219. The Morgan fingerprint density at radius 3 is 2.44 bits per heavy atom.